The van der Waals surface area contributed by atoms with E-state index in [1.54, 1.807) is 13.8 Å². The number of hydrogen-bond acceptors (Lipinski definition) is 10. The van der Waals surface area contributed by atoms with Gasteiger partial charge < -0.3 is 45.8 Å². The van der Waals surface area contributed by atoms with Gasteiger partial charge >= 0.3 is 11.9 Å². The predicted molar refractivity (Wildman–Crippen MR) is 184 cm³/mol. The molecule has 0 radical (unpaired) electrons. The molecule has 0 heterocycles. The van der Waals surface area contributed by atoms with Crippen LogP contribution in [0.25, 0.3) is 0 Å². The Kier molecular flexibility index (Phi) is 11.4. The van der Waals surface area contributed by atoms with E-state index in [0.29, 0.717) is 25.7 Å². The molecule has 0 saturated heterocycles. The number of amides is 1. The zero-order chi connectivity index (χ0) is 37.8. The van der Waals surface area contributed by atoms with E-state index in [4.69, 9.17) is 9.84 Å². The Bertz CT molecular complexity index is 1340. The fourth-order valence-corrected chi connectivity index (χ4v) is 11.1. The number of nitrogens with one attached hydrogen (secondary N) is 1. The number of aliphatic carboxylic acids is 1. The standard InChI is InChI=1S/C38H63NO11/c1-33(2)26-11-10-23-24(15-28(43)38(8)22(13-14-37(23,38)7)21(20-40)9-12-27(42)34(3,4)48)36(26,6)16-25(41)32(33)50-31(47)18-35(5,49)17-29(44)39-19-30(45)46/h21-22,25-28,32,40-43,48-49H,9-20H2,1-8H3,(H,39,44)(H,45,46)/t21-,22+,25+,26+,27-,28-,32+,35-,36+,37-,38+/m0/s1. The molecule has 0 aromatic rings. The first-order valence-electron chi connectivity index (χ1n) is 18.4. The van der Waals surface area contributed by atoms with Crippen LogP contribution in [0.5, 0.6) is 0 Å². The second-order valence-electron chi connectivity index (χ2n) is 18.2. The molecule has 286 valence electrons. The summed E-state index contributed by atoms with van der Waals surface area (Å²) in [4.78, 5) is 36.0. The number of fused-ring (bicyclic) bond motifs is 4. The number of aliphatic hydroxyl groups is 6. The zero-order valence-electron chi connectivity index (χ0n) is 31.3. The molecule has 50 heavy (non-hydrogen) atoms. The number of carboxylic acid groups (broad SMARTS) is 1. The highest BCUT2D eigenvalue weighted by Crippen LogP contribution is 2.72. The number of allylic oxidation sites excluding steroid dienone is 1. The molecule has 0 aliphatic heterocycles. The van der Waals surface area contributed by atoms with Crippen LogP contribution in [0, 0.1) is 39.4 Å². The van der Waals surface area contributed by atoms with Gasteiger partial charge in [0.2, 0.25) is 5.91 Å². The van der Waals surface area contributed by atoms with Gasteiger partial charge in [0.05, 0.1) is 42.4 Å². The first-order valence-corrected chi connectivity index (χ1v) is 18.4. The highest BCUT2D eigenvalue weighted by Gasteiger charge is 2.67. The number of aliphatic hydroxyl groups excluding tert-OH is 4. The van der Waals surface area contributed by atoms with E-state index in [1.165, 1.54) is 18.1 Å². The summed E-state index contributed by atoms with van der Waals surface area (Å²) in [5.74, 6) is -2.84. The molecular weight excluding hydrogens is 646 g/mol. The number of rotatable bonds is 13. The van der Waals surface area contributed by atoms with Crippen molar-refractivity contribution in [2.45, 2.75) is 155 Å². The lowest BCUT2D eigenvalue weighted by Gasteiger charge is -2.64. The van der Waals surface area contributed by atoms with Gasteiger partial charge in [-0.15, -0.1) is 0 Å². The van der Waals surface area contributed by atoms with Gasteiger partial charge in [0.1, 0.15) is 12.6 Å². The Morgan fingerprint density at radius 3 is 2.20 bits per heavy atom. The first kappa shape index (κ1) is 40.7. The van der Waals surface area contributed by atoms with Crippen LogP contribution in [-0.4, -0.2) is 102 Å². The largest absolute Gasteiger partial charge is 0.480 e. The van der Waals surface area contributed by atoms with E-state index >= 15 is 0 Å². The van der Waals surface area contributed by atoms with Gasteiger partial charge in [-0.25, -0.2) is 0 Å². The minimum atomic E-state index is -1.79. The highest BCUT2D eigenvalue weighted by molar-refractivity contribution is 5.82. The molecule has 0 aromatic heterocycles. The van der Waals surface area contributed by atoms with Crippen molar-refractivity contribution < 1.29 is 54.9 Å². The van der Waals surface area contributed by atoms with E-state index < -0.39 is 89.1 Å². The van der Waals surface area contributed by atoms with Crippen LogP contribution in [-0.2, 0) is 19.1 Å². The average molecular weight is 710 g/mol. The number of carbonyl (C=O) groups excluding carboxylic acids is 2. The molecule has 0 bridgehead atoms. The number of carboxylic acids is 1. The van der Waals surface area contributed by atoms with Gasteiger partial charge in [-0.05, 0) is 101 Å². The summed E-state index contributed by atoms with van der Waals surface area (Å²) in [5, 5.41) is 76.9. The second-order valence-corrected chi connectivity index (χ2v) is 18.2. The summed E-state index contributed by atoms with van der Waals surface area (Å²) in [6.07, 6.45) is 0.358. The van der Waals surface area contributed by atoms with Gasteiger partial charge in [-0.1, -0.05) is 45.8 Å². The Balaban J connectivity index is 1.55. The molecular formula is C38H63NO11. The number of hydrogen-bond donors (Lipinski definition) is 8. The third-order valence-electron chi connectivity index (χ3n) is 14.0. The quantitative estimate of drug-likeness (QED) is 0.103. The van der Waals surface area contributed by atoms with Gasteiger partial charge in [-0.3, -0.25) is 14.4 Å². The second kappa shape index (κ2) is 14.0. The van der Waals surface area contributed by atoms with Crippen molar-refractivity contribution in [2.24, 2.45) is 39.4 Å². The smallest absolute Gasteiger partial charge is 0.322 e. The Morgan fingerprint density at radius 2 is 1.62 bits per heavy atom. The number of ether oxygens (including phenoxy) is 1. The van der Waals surface area contributed by atoms with Gasteiger partial charge in [0.25, 0.3) is 0 Å². The van der Waals surface area contributed by atoms with E-state index in [0.717, 1.165) is 25.7 Å². The van der Waals surface area contributed by atoms with Gasteiger partial charge in [0, 0.05) is 17.4 Å². The van der Waals surface area contributed by atoms with Crippen LogP contribution < -0.4 is 5.32 Å². The molecule has 12 heteroatoms. The molecule has 0 unspecified atom stereocenters. The first-order chi connectivity index (χ1) is 22.8. The maximum Gasteiger partial charge on any atom is 0.322 e. The van der Waals surface area contributed by atoms with Crippen molar-refractivity contribution in [3.8, 4) is 0 Å². The molecule has 11 atom stereocenters. The molecule has 12 nitrogen and oxygen atoms in total. The summed E-state index contributed by atoms with van der Waals surface area (Å²) in [7, 11) is 0. The fourth-order valence-electron chi connectivity index (χ4n) is 11.1. The fraction of sp³-hybridized carbons (Fsp3) is 0.868. The molecule has 4 aliphatic carbocycles. The highest BCUT2D eigenvalue weighted by atomic mass is 16.6. The Hall–Kier alpha value is -2.09. The molecule has 1 amide bonds. The Labute approximate surface area is 296 Å². The molecule has 4 aliphatic rings. The van der Waals surface area contributed by atoms with Crippen LogP contribution in [0.4, 0.5) is 0 Å². The third-order valence-corrected chi connectivity index (χ3v) is 14.0. The topological polar surface area (TPSA) is 214 Å². The monoisotopic (exact) mass is 709 g/mol. The maximum absolute atomic E-state index is 13.2. The normalized spacial score (nSPS) is 37.4. The van der Waals surface area contributed by atoms with E-state index in [1.807, 2.05) is 13.8 Å². The summed E-state index contributed by atoms with van der Waals surface area (Å²) in [5.41, 5.74) is -2.56. The lowest BCUT2D eigenvalue weighted by molar-refractivity contribution is -0.198. The van der Waals surface area contributed by atoms with Gasteiger partial charge in [0.15, 0.2) is 0 Å². The maximum atomic E-state index is 13.2. The van der Waals surface area contributed by atoms with Crippen LogP contribution >= 0.6 is 0 Å². The minimum absolute atomic E-state index is 0.00290. The van der Waals surface area contributed by atoms with Crippen molar-refractivity contribution >= 4 is 17.8 Å². The van der Waals surface area contributed by atoms with E-state index in [-0.39, 0.29) is 29.8 Å². The zero-order valence-corrected chi connectivity index (χ0v) is 31.3. The van der Waals surface area contributed by atoms with E-state index in [9.17, 15) is 45.0 Å². The number of carbonyl (C=O) groups is 3. The lowest BCUT2D eigenvalue weighted by atomic mass is 9.42. The molecule has 4 rings (SSSR count). The van der Waals surface area contributed by atoms with Crippen molar-refractivity contribution in [2.75, 3.05) is 13.2 Å². The minimum Gasteiger partial charge on any atom is -0.480 e. The molecule has 0 spiro atoms. The van der Waals surface area contributed by atoms with Crippen LogP contribution in [0.1, 0.15) is 120 Å². The van der Waals surface area contributed by atoms with Gasteiger partial charge in [-0.2, -0.15) is 0 Å². The molecule has 0 aromatic carbocycles. The number of esters is 1. The summed E-state index contributed by atoms with van der Waals surface area (Å²) >= 11 is 0. The summed E-state index contributed by atoms with van der Waals surface area (Å²) in [6, 6.07) is 0. The molecule has 2 fully saturated rings. The predicted octanol–water partition coefficient (Wildman–Crippen LogP) is 2.84. The van der Waals surface area contributed by atoms with Crippen molar-refractivity contribution in [3.05, 3.63) is 11.1 Å². The lowest BCUT2D eigenvalue weighted by Crippen LogP contribution is -2.62. The molecule has 8 N–H and O–H groups in total. The van der Waals surface area contributed by atoms with E-state index in [2.05, 4.69) is 26.1 Å². The average Bonchev–Trinajstić information content (AvgIpc) is 3.26. The van der Waals surface area contributed by atoms with Crippen molar-refractivity contribution in [1.29, 1.82) is 0 Å². The van der Waals surface area contributed by atoms with Crippen molar-refractivity contribution in [1.82, 2.24) is 5.32 Å². The third kappa shape index (κ3) is 7.26. The summed E-state index contributed by atoms with van der Waals surface area (Å²) in [6.45, 7) is 14.3. The summed E-state index contributed by atoms with van der Waals surface area (Å²) < 4.78 is 5.91. The van der Waals surface area contributed by atoms with Crippen molar-refractivity contribution in [3.63, 3.8) is 0 Å². The Morgan fingerprint density at radius 1 is 0.980 bits per heavy atom. The van der Waals surface area contributed by atoms with Crippen LogP contribution in [0.3, 0.4) is 0 Å². The SMILES string of the molecule is CC(C)(O)[C@@H](O)CC[C@@H](CO)[C@H]1CC[C@@]2(C)C3=C(C[C@H](O)[C@@]12C)[C@@]1(C)C[C@@H](O)[C@@H](OC(=O)C[C@@](C)(O)CC(=O)NCC(=O)O)C(C)(C)[C@H]1CC3. The van der Waals surface area contributed by atoms with Crippen LogP contribution in [0.2, 0.25) is 0 Å². The van der Waals surface area contributed by atoms with Crippen LogP contribution in [0.15, 0.2) is 11.1 Å². The molecule has 2 saturated carbocycles.